The van der Waals surface area contributed by atoms with Crippen LogP contribution in [0.5, 0.6) is 0 Å². The molecular formula is C46H29N3. The van der Waals surface area contributed by atoms with Crippen LogP contribution in [0, 0.1) is 0 Å². The molecule has 0 saturated carbocycles. The molecule has 0 aliphatic heterocycles. The summed E-state index contributed by atoms with van der Waals surface area (Å²) in [6.45, 7) is 0. The third-order valence-corrected chi connectivity index (χ3v) is 9.78. The number of fused-ring (bicyclic) bond motifs is 6. The maximum atomic E-state index is 5.40. The van der Waals surface area contributed by atoms with E-state index in [1.165, 1.54) is 54.6 Å². The van der Waals surface area contributed by atoms with Gasteiger partial charge < -0.3 is 0 Å². The zero-order valence-corrected chi connectivity index (χ0v) is 26.6. The summed E-state index contributed by atoms with van der Waals surface area (Å²) in [5.74, 6) is 1.58. The molecule has 228 valence electrons. The van der Waals surface area contributed by atoms with E-state index in [1.807, 2.05) is 0 Å². The van der Waals surface area contributed by atoms with Crippen molar-refractivity contribution < 1.29 is 0 Å². The molecule has 10 rings (SSSR count). The Balaban J connectivity index is 1.23. The average molecular weight is 624 g/mol. The molecule has 10 aromatic rings. The van der Waals surface area contributed by atoms with Crippen molar-refractivity contribution in [2.24, 2.45) is 0 Å². The van der Waals surface area contributed by atoms with E-state index in [-0.39, 0.29) is 0 Å². The van der Waals surface area contributed by atoms with Crippen LogP contribution in [0.3, 0.4) is 0 Å². The van der Waals surface area contributed by atoms with Crippen molar-refractivity contribution in [2.75, 3.05) is 0 Å². The van der Waals surface area contributed by atoms with Gasteiger partial charge in [-0.3, -0.25) is 4.57 Å². The highest BCUT2D eigenvalue weighted by Gasteiger charge is 2.20. The van der Waals surface area contributed by atoms with E-state index in [1.54, 1.807) is 0 Å². The zero-order valence-electron chi connectivity index (χ0n) is 26.6. The normalized spacial score (nSPS) is 11.7. The third-order valence-electron chi connectivity index (χ3n) is 9.78. The molecule has 0 amide bonds. The quantitative estimate of drug-likeness (QED) is 0.195. The molecule has 0 saturated heterocycles. The molecule has 2 heterocycles. The molecule has 0 bridgehead atoms. The van der Waals surface area contributed by atoms with Gasteiger partial charge in [0.15, 0.2) is 5.82 Å². The second kappa shape index (κ2) is 11.0. The Hall–Kier alpha value is -6.58. The molecule has 0 fully saturated rings. The van der Waals surface area contributed by atoms with Crippen LogP contribution in [0.15, 0.2) is 176 Å². The van der Waals surface area contributed by atoms with Crippen molar-refractivity contribution in [3.63, 3.8) is 0 Å². The minimum absolute atomic E-state index is 0.702. The van der Waals surface area contributed by atoms with E-state index in [4.69, 9.17) is 9.97 Å². The molecule has 0 atom stereocenters. The lowest BCUT2D eigenvalue weighted by Crippen LogP contribution is -2.02. The van der Waals surface area contributed by atoms with Gasteiger partial charge in [-0.15, -0.1) is 0 Å². The SMILES string of the molecule is c1ccc(-c2cccc3c2c2cc4ccccc4cc2n3-c2nc(-c3ccc(-c4cccc5ccccc45)cc3)nc3ccccc23)cc1. The fourth-order valence-electron chi connectivity index (χ4n) is 7.47. The minimum atomic E-state index is 0.702. The van der Waals surface area contributed by atoms with Gasteiger partial charge in [0.2, 0.25) is 0 Å². The van der Waals surface area contributed by atoms with Crippen molar-refractivity contribution >= 4 is 54.3 Å². The lowest BCUT2D eigenvalue weighted by molar-refractivity contribution is 1.08. The molecule has 3 heteroatoms. The van der Waals surface area contributed by atoms with Gasteiger partial charge in [0.1, 0.15) is 5.82 Å². The Kier molecular flexibility index (Phi) is 6.18. The fourth-order valence-corrected chi connectivity index (χ4v) is 7.47. The van der Waals surface area contributed by atoms with Gasteiger partial charge >= 0.3 is 0 Å². The summed E-state index contributed by atoms with van der Waals surface area (Å²) in [5.41, 5.74) is 8.93. The first-order valence-corrected chi connectivity index (χ1v) is 16.7. The molecule has 0 unspecified atom stereocenters. The summed E-state index contributed by atoms with van der Waals surface area (Å²) < 4.78 is 2.35. The lowest BCUT2D eigenvalue weighted by atomic mass is 9.97. The predicted octanol–water partition coefficient (Wildman–Crippen LogP) is 12.0. The second-order valence-electron chi connectivity index (χ2n) is 12.6. The smallest absolute Gasteiger partial charge is 0.162 e. The first-order valence-electron chi connectivity index (χ1n) is 16.7. The molecule has 0 spiro atoms. The van der Waals surface area contributed by atoms with Crippen molar-refractivity contribution in [1.82, 2.24) is 14.5 Å². The summed E-state index contributed by atoms with van der Waals surface area (Å²) in [6.07, 6.45) is 0. The zero-order chi connectivity index (χ0) is 32.3. The molecule has 3 nitrogen and oxygen atoms in total. The number of hydrogen-bond donors (Lipinski definition) is 0. The highest BCUT2D eigenvalue weighted by molar-refractivity contribution is 6.19. The van der Waals surface area contributed by atoms with Crippen molar-refractivity contribution in [1.29, 1.82) is 0 Å². The molecule has 0 radical (unpaired) electrons. The molecular weight excluding hydrogens is 595 g/mol. The van der Waals surface area contributed by atoms with Crippen LogP contribution in [0.2, 0.25) is 0 Å². The van der Waals surface area contributed by atoms with Gasteiger partial charge in [0, 0.05) is 21.7 Å². The Morgan fingerprint density at radius 2 is 0.980 bits per heavy atom. The van der Waals surface area contributed by atoms with Crippen LogP contribution < -0.4 is 0 Å². The molecule has 0 aliphatic carbocycles. The summed E-state index contributed by atoms with van der Waals surface area (Å²) >= 11 is 0. The number of rotatable bonds is 4. The van der Waals surface area contributed by atoms with E-state index in [0.29, 0.717) is 5.82 Å². The Morgan fingerprint density at radius 1 is 0.367 bits per heavy atom. The maximum Gasteiger partial charge on any atom is 0.162 e. The Bertz CT molecular complexity index is 2860. The fraction of sp³-hybridized carbons (Fsp3) is 0. The van der Waals surface area contributed by atoms with Gasteiger partial charge in [0.25, 0.3) is 0 Å². The lowest BCUT2D eigenvalue weighted by Gasteiger charge is -2.13. The number of hydrogen-bond acceptors (Lipinski definition) is 2. The van der Waals surface area contributed by atoms with Crippen LogP contribution in [-0.2, 0) is 0 Å². The molecule has 0 N–H and O–H groups in total. The van der Waals surface area contributed by atoms with Gasteiger partial charge in [-0.2, -0.15) is 0 Å². The van der Waals surface area contributed by atoms with Crippen molar-refractivity contribution in [3.8, 4) is 39.5 Å². The Labute approximate surface area is 283 Å². The van der Waals surface area contributed by atoms with E-state index in [2.05, 4.69) is 180 Å². The average Bonchev–Trinajstić information content (AvgIpc) is 3.49. The van der Waals surface area contributed by atoms with E-state index < -0.39 is 0 Å². The first kappa shape index (κ1) is 27.5. The van der Waals surface area contributed by atoms with Crippen LogP contribution in [0.25, 0.3) is 93.7 Å². The maximum absolute atomic E-state index is 5.40. The van der Waals surface area contributed by atoms with Crippen LogP contribution in [-0.4, -0.2) is 14.5 Å². The minimum Gasteiger partial charge on any atom is -0.293 e. The van der Waals surface area contributed by atoms with Crippen molar-refractivity contribution in [3.05, 3.63) is 176 Å². The number of aromatic nitrogens is 3. The first-order chi connectivity index (χ1) is 24.3. The summed E-state index contributed by atoms with van der Waals surface area (Å²) in [7, 11) is 0. The van der Waals surface area contributed by atoms with Crippen LogP contribution in [0.4, 0.5) is 0 Å². The van der Waals surface area contributed by atoms with Gasteiger partial charge in [-0.1, -0.05) is 146 Å². The highest BCUT2D eigenvalue weighted by atomic mass is 15.1. The largest absolute Gasteiger partial charge is 0.293 e. The monoisotopic (exact) mass is 623 g/mol. The standard InChI is InChI=1S/C46H29N3/c1-2-12-31(13-3-1)38-21-11-23-42-44(38)40-28-34-15-4-5-16-35(34)29-43(40)49(42)46-39-19-8-9-22-41(39)47-45(48-46)33-26-24-32(25-27-33)37-20-10-17-30-14-6-7-18-36(30)37/h1-29H. The van der Waals surface area contributed by atoms with Crippen LogP contribution in [0.1, 0.15) is 0 Å². The molecule has 2 aromatic heterocycles. The van der Waals surface area contributed by atoms with E-state index in [0.717, 1.165) is 33.3 Å². The molecule has 8 aromatic carbocycles. The van der Waals surface area contributed by atoms with Crippen molar-refractivity contribution in [2.45, 2.75) is 0 Å². The second-order valence-corrected chi connectivity index (χ2v) is 12.6. The molecule has 0 aliphatic rings. The third kappa shape index (κ3) is 4.44. The number of nitrogens with zero attached hydrogens (tertiary/aromatic N) is 3. The Morgan fingerprint density at radius 3 is 1.82 bits per heavy atom. The van der Waals surface area contributed by atoms with E-state index >= 15 is 0 Å². The van der Waals surface area contributed by atoms with Gasteiger partial charge in [-0.25, -0.2) is 9.97 Å². The molecule has 49 heavy (non-hydrogen) atoms. The highest BCUT2D eigenvalue weighted by Crippen LogP contribution is 2.41. The topological polar surface area (TPSA) is 30.7 Å². The van der Waals surface area contributed by atoms with Crippen LogP contribution >= 0.6 is 0 Å². The van der Waals surface area contributed by atoms with E-state index in [9.17, 15) is 0 Å². The summed E-state index contributed by atoms with van der Waals surface area (Å²) in [5, 5.41) is 8.33. The predicted molar refractivity (Wildman–Crippen MR) is 205 cm³/mol. The summed E-state index contributed by atoms with van der Waals surface area (Å²) in [4.78, 5) is 10.5. The van der Waals surface area contributed by atoms with Gasteiger partial charge in [-0.05, 0) is 74.1 Å². The van der Waals surface area contributed by atoms with Gasteiger partial charge in [0.05, 0.1) is 16.6 Å². The summed E-state index contributed by atoms with van der Waals surface area (Å²) in [6, 6.07) is 62.6. The number of benzene rings is 8. The number of para-hydroxylation sites is 1.